The molecule has 1 amide bonds. The van der Waals surface area contributed by atoms with Crippen LogP contribution >= 0.6 is 15.9 Å². The van der Waals surface area contributed by atoms with Crippen molar-refractivity contribution in [3.63, 3.8) is 0 Å². The molecule has 0 radical (unpaired) electrons. The van der Waals surface area contributed by atoms with Gasteiger partial charge in [-0.1, -0.05) is 33.6 Å². The number of hydrogen-bond donors (Lipinski definition) is 1. The monoisotopic (exact) mass is 450 g/mol. The van der Waals surface area contributed by atoms with E-state index in [-0.39, 0.29) is 11.3 Å². The van der Waals surface area contributed by atoms with E-state index in [1.807, 2.05) is 31.2 Å². The third-order valence-electron chi connectivity index (χ3n) is 5.06. The zero-order chi connectivity index (χ0) is 20.5. The summed E-state index contributed by atoms with van der Waals surface area (Å²) in [5.74, 6) is -0.566. The summed E-state index contributed by atoms with van der Waals surface area (Å²) in [6, 6.07) is 16.0. The van der Waals surface area contributed by atoms with Gasteiger partial charge in [0, 0.05) is 33.5 Å². The van der Waals surface area contributed by atoms with Gasteiger partial charge >= 0.3 is 0 Å². The van der Waals surface area contributed by atoms with E-state index >= 15 is 0 Å². The number of fused-ring (bicyclic) bond motifs is 1. The Morgan fingerprint density at radius 1 is 1.00 bits per heavy atom. The Morgan fingerprint density at radius 3 is 2.38 bits per heavy atom. The van der Waals surface area contributed by atoms with Crippen LogP contribution in [0.25, 0.3) is 5.69 Å². The fourth-order valence-electron chi connectivity index (χ4n) is 3.55. The van der Waals surface area contributed by atoms with Gasteiger partial charge < -0.3 is 5.32 Å². The van der Waals surface area contributed by atoms with Crippen molar-refractivity contribution in [3.05, 3.63) is 91.8 Å². The molecule has 1 heterocycles. The number of anilines is 1. The lowest BCUT2D eigenvalue weighted by molar-refractivity contribution is 0.0971. The van der Waals surface area contributed by atoms with Crippen LogP contribution in [0, 0.1) is 6.92 Å². The van der Waals surface area contributed by atoms with Gasteiger partial charge in [0.05, 0.1) is 0 Å². The summed E-state index contributed by atoms with van der Waals surface area (Å²) in [5, 5.41) is 2.75. The number of amides is 1. The van der Waals surface area contributed by atoms with E-state index in [0.29, 0.717) is 41.9 Å². The van der Waals surface area contributed by atoms with Crippen molar-refractivity contribution < 1.29 is 9.59 Å². The van der Waals surface area contributed by atoms with Crippen molar-refractivity contribution in [1.82, 2.24) is 4.57 Å². The van der Waals surface area contributed by atoms with Gasteiger partial charge in [-0.25, -0.2) is 0 Å². The van der Waals surface area contributed by atoms with Crippen LogP contribution in [-0.2, 0) is 6.42 Å². The fourth-order valence-corrected chi connectivity index (χ4v) is 3.82. The number of carbonyl (C=O) groups excluding carboxylic acids is 2. The molecule has 0 atom stereocenters. The molecule has 146 valence electrons. The third-order valence-corrected chi connectivity index (χ3v) is 5.59. The maximum atomic E-state index is 13.3. The Balaban J connectivity index is 1.85. The minimum absolute atomic E-state index is 0.0372. The summed E-state index contributed by atoms with van der Waals surface area (Å²) < 4.78 is 2.40. The first-order valence-electron chi connectivity index (χ1n) is 9.40. The van der Waals surface area contributed by atoms with Crippen LogP contribution < -0.4 is 10.9 Å². The van der Waals surface area contributed by atoms with Crippen molar-refractivity contribution in [2.45, 2.75) is 26.2 Å². The molecule has 0 spiro atoms. The highest BCUT2D eigenvalue weighted by Gasteiger charge is 2.26. The predicted molar refractivity (Wildman–Crippen MR) is 116 cm³/mol. The summed E-state index contributed by atoms with van der Waals surface area (Å²) in [6.45, 7) is 1.97. The average Bonchev–Trinajstić information content (AvgIpc) is 2.70. The molecule has 29 heavy (non-hydrogen) atoms. The lowest BCUT2D eigenvalue weighted by Gasteiger charge is -2.21. The lowest BCUT2D eigenvalue weighted by atomic mass is 9.92. The predicted octanol–water partition coefficient (Wildman–Crippen LogP) is 4.68. The first kappa shape index (κ1) is 19.3. The fraction of sp³-hybridized carbons (Fsp3) is 0.174. The largest absolute Gasteiger partial charge is 0.322 e. The van der Waals surface area contributed by atoms with Crippen molar-refractivity contribution in [2.24, 2.45) is 0 Å². The number of Topliss-reactive ketones (excluding diaryl/α,β-unsaturated/α-hetero) is 1. The van der Waals surface area contributed by atoms with E-state index in [1.165, 1.54) is 10.6 Å². The maximum Gasteiger partial charge on any atom is 0.268 e. The van der Waals surface area contributed by atoms with E-state index in [2.05, 4.69) is 21.2 Å². The zero-order valence-corrected chi connectivity index (χ0v) is 17.5. The molecule has 0 saturated carbocycles. The highest BCUT2D eigenvalue weighted by molar-refractivity contribution is 9.10. The zero-order valence-electron chi connectivity index (χ0n) is 15.9. The first-order chi connectivity index (χ1) is 13.9. The Morgan fingerprint density at radius 2 is 1.69 bits per heavy atom. The number of nitrogens with one attached hydrogen (secondary N) is 1. The molecule has 5 nitrogen and oxygen atoms in total. The molecule has 1 aliphatic carbocycles. The summed E-state index contributed by atoms with van der Waals surface area (Å²) >= 11 is 3.35. The molecule has 0 bridgehead atoms. The highest BCUT2D eigenvalue weighted by atomic mass is 79.9. The number of pyridine rings is 1. The first-order valence-corrected chi connectivity index (χ1v) is 10.2. The number of carbonyl (C=O) groups is 2. The van der Waals surface area contributed by atoms with Crippen molar-refractivity contribution in [1.29, 1.82) is 0 Å². The summed E-state index contributed by atoms with van der Waals surface area (Å²) in [5.41, 5.74) is 2.97. The smallest absolute Gasteiger partial charge is 0.268 e. The molecule has 1 N–H and O–H groups in total. The van der Waals surface area contributed by atoms with E-state index in [9.17, 15) is 14.4 Å². The quantitative estimate of drug-likeness (QED) is 0.629. The highest BCUT2D eigenvalue weighted by Crippen LogP contribution is 2.24. The van der Waals surface area contributed by atoms with Gasteiger partial charge in [0.15, 0.2) is 5.78 Å². The van der Waals surface area contributed by atoms with Crippen LogP contribution in [0.5, 0.6) is 0 Å². The van der Waals surface area contributed by atoms with Gasteiger partial charge in [-0.15, -0.1) is 0 Å². The van der Waals surface area contributed by atoms with Gasteiger partial charge in [0.2, 0.25) is 0 Å². The molecule has 1 aromatic heterocycles. The van der Waals surface area contributed by atoms with Crippen molar-refractivity contribution in [3.8, 4) is 5.69 Å². The third kappa shape index (κ3) is 3.80. The van der Waals surface area contributed by atoms with Crippen LogP contribution in [0.1, 0.15) is 44.8 Å². The van der Waals surface area contributed by atoms with Crippen LogP contribution in [0.2, 0.25) is 0 Å². The van der Waals surface area contributed by atoms with E-state index in [4.69, 9.17) is 0 Å². The SMILES string of the molecule is Cc1ccc(-n2c3c(cc(C(=O)Nc4ccc(Br)cc4)c2=O)C(=O)CCC3)cc1. The van der Waals surface area contributed by atoms with Gasteiger partial charge in [-0.05, 0) is 62.2 Å². The van der Waals surface area contributed by atoms with Gasteiger partial charge in [0.1, 0.15) is 5.56 Å². The topological polar surface area (TPSA) is 68.2 Å². The Kier molecular flexibility index (Phi) is 5.20. The molecular formula is C23H19BrN2O3. The molecule has 3 aromatic rings. The number of hydrogen-bond acceptors (Lipinski definition) is 3. The number of benzene rings is 2. The second-order valence-electron chi connectivity index (χ2n) is 7.13. The molecular weight excluding hydrogens is 432 g/mol. The van der Waals surface area contributed by atoms with Crippen LogP contribution in [0.15, 0.2) is 63.9 Å². The number of aryl methyl sites for hydroxylation is 1. The average molecular weight is 451 g/mol. The number of halogens is 1. The molecule has 0 aliphatic heterocycles. The Bertz CT molecular complexity index is 1160. The molecule has 6 heteroatoms. The molecule has 2 aromatic carbocycles. The van der Waals surface area contributed by atoms with E-state index in [0.717, 1.165) is 10.0 Å². The van der Waals surface area contributed by atoms with Gasteiger partial charge in [0.25, 0.3) is 11.5 Å². The number of aromatic nitrogens is 1. The molecule has 0 saturated heterocycles. The summed E-state index contributed by atoms with van der Waals surface area (Å²) in [4.78, 5) is 38.8. The number of rotatable bonds is 3. The van der Waals surface area contributed by atoms with Crippen molar-refractivity contribution in [2.75, 3.05) is 5.32 Å². The van der Waals surface area contributed by atoms with Crippen molar-refractivity contribution >= 4 is 33.3 Å². The lowest BCUT2D eigenvalue weighted by Crippen LogP contribution is -2.33. The minimum atomic E-state index is -0.528. The molecule has 4 rings (SSSR count). The second kappa shape index (κ2) is 7.79. The number of nitrogens with zero attached hydrogens (tertiary/aromatic N) is 1. The molecule has 1 aliphatic rings. The molecule has 0 fully saturated rings. The standard InChI is InChI=1S/C23H19BrN2O3/c1-14-5-11-17(12-6-14)26-20-3-2-4-21(27)18(20)13-19(23(26)29)22(28)25-16-9-7-15(24)8-10-16/h5-13H,2-4H2,1H3,(H,25,28). The normalized spacial score (nSPS) is 13.1. The second-order valence-corrected chi connectivity index (χ2v) is 8.05. The van der Waals surface area contributed by atoms with E-state index in [1.54, 1.807) is 24.3 Å². The molecule has 0 unspecified atom stereocenters. The van der Waals surface area contributed by atoms with Gasteiger partial charge in [-0.2, -0.15) is 0 Å². The van der Waals surface area contributed by atoms with E-state index < -0.39 is 11.5 Å². The van der Waals surface area contributed by atoms with Crippen LogP contribution in [0.3, 0.4) is 0 Å². The number of ketones is 1. The summed E-state index contributed by atoms with van der Waals surface area (Å²) in [7, 11) is 0. The maximum absolute atomic E-state index is 13.3. The summed E-state index contributed by atoms with van der Waals surface area (Å²) in [6.07, 6.45) is 1.74. The van der Waals surface area contributed by atoms with Crippen LogP contribution in [0.4, 0.5) is 5.69 Å². The van der Waals surface area contributed by atoms with Crippen LogP contribution in [-0.4, -0.2) is 16.3 Å². The Hall–Kier alpha value is -2.99. The minimum Gasteiger partial charge on any atom is -0.322 e. The van der Waals surface area contributed by atoms with Gasteiger partial charge in [-0.3, -0.25) is 19.0 Å². The Labute approximate surface area is 176 Å².